The van der Waals surface area contributed by atoms with Gasteiger partial charge in [0.1, 0.15) is 5.82 Å². The van der Waals surface area contributed by atoms with E-state index in [1.807, 2.05) is 0 Å². The first-order chi connectivity index (χ1) is 13.2. The van der Waals surface area contributed by atoms with Gasteiger partial charge in [-0.15, -0.1) is 0 Å². The molecule has 1 unspecified atom stereocenters. The normalized spacial score (nSPS) is 18.6. The van der Waals surface area contributed by atoms with Crippen molar-refractivity contribution in [3.05, 3.63) is 77.6 Å². The third-order valence-corrected chi connectivity index (χ3v) is 4.59. The SMILES string of the molecule is O=C(OC1(C(F)(F)F)C(=O)Nc2c1ccc1ccccc21)c1ccc(F)cc1. The van der Waals surface area contributed by atoms with Crippen LogP contribution >= 0.6 is 0 Å². The maximum absolute atomic E-state index is 14.1. The zero-order valence-corrected chi connectivity index (χ0v) is 14.0. The Morgan fingerprint density at radius 2 is 1.64 bits per heavy atom. The molecule has 8 heteroatoms. The van der Waals surface area contributed by atoms with E-state index in [0.717, 1.165) is 30.3 Å². The van der Waals surface area contributed by atoms with E-state index in [9.17, 15) is 27.2 Å². The van der Waals surface area contributed by atoms with Crippen molar-refractivity contribution in [2.75, 3.05) is 5.32 Å². The van der Waals surface area contributed by atoms with Gasteiger partial charge in [0, 0.05) is 10.9 Å². The van der Waals surface area contributed by atoms with Crippen molar-refractivity contribution in [1.82, 2.24) is 0 Å². The summed E-state index contributed by atoms with van der Waals surface area (Å²) in [4.78, 5) is 24.9. The predicted molar refractivity (Wildman–Crippen MR) is 92.1 cm³/mol. The summed E-state index contributed by atoms with van der Waals surface area (Å²) in [5.74, 6) is -3.58. The third-order valence-electron chi connectivity index (χ3n) is 4.59. The van der Waals surface area contributed by atoms with Gasteiger partial charge in [-0.1, -0.05) is 36.4 Å². The van der Waals surface area contributed by atoms with Crippen LogP contribution in [0.2, 0.25) is 0 Å². The molecule has 1 aliphatic rings. The number of ether oxygens (including phenoxy) is 1. The highest BCUT2D eigenvalue weighted by Gasteiger charge is 2.69. The molecule has 28 heavy (non-hydrogen) atoms. The molecule has 1 atom stereocenters. The third kappa shape index (κ3) is 2.52. The summed E-state index contributed by atoms with van der Waals surface area (Å²) in [5, 5.41) is 3.21. The van der Waals surface area contributed by atoms with Gasteiger partial charge >= 0.3 is 17.7 Å². The Bertz CT molecular complexity index is 1110. The van der Waals surface area contributed by atoms with Crippen LogP contribution in [0.1, 0.15) is 15.9 Å². The van der Waals surface area contributed by atoms with Crippen molar-refractivity contribution in [2.24, 2.45) is 0 Å². The number of nitrogens with one attached hydrogen (secondary N) is 1. The largest absolute Gasteiger partial charge is 0.442 e. The second-order valence-electron chi connectivity index (χ2n) is 6.24. The average molecular weight is 389 g/mol. The molecule has 3 aromatic carbocycles. The lowest BCUT2D eigenvalue weighted by atomic mass is 9.92. The molecule has 0 saturated carbocycles. The lowest BCUT2D eigenvalue weighted by molar-refractivity contribution is -0.251. The molecular weight excluding hydrogens is 378 g/mol. The number of anilines is 1. The summed E-state index contributed by atoms with van der Waals surface area (Å²) in [7, 11) is 0. The molecule has 4 rings (SSSR count). The van der Waals surface area contributed by atoms with Crippen LogP contribution in [0.3, 0.4) is 0 Å². The van der Waals surface area contributed by atoms with Gasteiger partial charge in [0.2, 0.25) is 0 Å². The molecule has 1 aliphatic heterocycles. The highest BCUT2D eigenvalue weighted by molar-refractivity contribution is 6.14. The van der Waals surface area contributed by atoms with E-state index in [1.54, 1.807) is 24.3 Å². The van der Waals surface area contributed by atoms with E-state index in [0.29, 0.717) is 10.8 Å². The van der Waals surface area contributed by atoms with Crippen LogP contribution in [0.15, 0.2) is 60.7 Å². The van der Waals surface area contributed by atoms with Crippen LogP contribution in [0.25, 0.3) is 10.8 Å². The average Bonchev–Trinajstić information content (AvgIpc) is 2.95. The number of fused-ring (bicyclic) bond motifs is 3. The standard InChI is InChI=1S/C20H11F4NO3/c21-13-8-5-12(6-9-13)17(26)28-19(20(22,23)24)15-10-7-11-3-1-2-4-14(11)16(15)25-18(19)27/h1-10H,(H,25,27). The Morgan fingerprint density at radius 3 is 2.32 bits per heavy atom. The molecule has 1 amide bonds. The van der Waals surface area contributed by atoms with Crippen molar-refractivity contribution in [3.8, 4) is 0 Å². The van der Waals surface area contributed by atoms with Gasteiger partial charge in [0.15, 0.2) is 0 Å². The predicted octanol–water partition coefficient (Wildman–Crippen LogP) is 4.55. The molecule has 0 bridgehead atoms. The topological polar surface area (TPSA) is 55.4 Å². The number of carbonyl (C=O) groups excluding carboxylic acids is 2. The molecule has 0 aliphatic carbocycles. The van der Waals surface area contributed by atoms with Gasteiger partial charge < -0.3 is 10.1 Å². The van der Waals surface area contributed by atoms with E-state index < -0.39 is 35.0 Å². The van der Waals surface area contributed by atoms with Crippen LogP contribution in [0, 0.1) is 5.82 Å². The second-order valence-corrected chi connectivity index (χ2v) is 6.24. The van der Waals surface area contributed by atoms with Gasteiger partial charge in [0.25, 0.3) is 5.91 Å². The maximum atomic E-state index is 14.1. The Morgan fingerprint density at radius 1 is 0.964 bits per heavy atom. The molecule has 0 aromatic heterocycles. The number of esters is 1. The lowest BCUT2D eigenvalue weighted by Crippen LogP contribution is -2.51. The van der Waals surface area contributed by atoms with E-state index >= 15 is 0 Å². The Labute approximate surface area is 155 Å². The number of rotatable bonds is 2. The zero-order valence-electron chi connectivity index (χ0n) is 14.0. The van der Waals surface area contributed by atoms with Gasteiger partial charge in [-0.2, -0.15) is 13.2 Å². The molecule has 0 radical (unpaired) electrons. The van der Waals surface area contributed by atoms with E-state index in [2.05, 4.69) is 5.32 Å². The Hall–Kier alpha value is -3.42. The van der Waals surface area contributed by atoms with Crippen LogP contribution in [-0.2, 0) is 15.1 Å². The van der Waals surface area contributed by atoms with Gasteiger partial charge in [-0.25, -0.2) is 9.18 Å². The summed E-state index contributed by atoms with van der Waals surface area (Å²) in [6.07, 6.45) is -5.22. The summed E-state index contributed by atoms with van der Waals surface area (Å²) in [6, 6.07) is 12.9. The molecular formula is C20H11F4NO3. The smallest absolute Gasteiger partial charge is 0.430 e. The van der Waals surface area contributed by atoms with Crippen molar-refractivity contribution in [3.63, 3.8) is 0 Å². The number of alkyl halides is 3. The monoisotopic (exact) mass is 389 g/mol. The second kappa shape index (κ2) is 6.05. The molecule has 4 nitrogen and oxygen atoms in total. The van der Waals surface area contributed by atoms with Crippen LogP contribution < -0.4 is 5.32 Å². The van der Waals surface area contributed by atoms with Gasteiger partial charge in [-0.05, 0) is 29.7 Å². The van der Waals surface area contributed by atoms with Crippen molar-refractivity contribution in [2.45, 2.75) is 11.8 Å². The zero-order chi connectivity index (χ0) is 20.1. The fourth-order valence-corrected chi connectivity index (χ4v) is 3.25. The number of amides is 1. The van der Waals surface area contributed by atoms with E-state index in [1.165, 1.54) is 6.07 Å². The molecule has 0 fully saturated rings. The van der Waals surface area contributed by atoms with Crippen LogP contribution in [0.5, 0.6) is 0 Å². The Balaban J connectivity index is 1.88. The number of carbonyl (C=O) groups is 2. The summed E-state index contributed by atoms with van der Waals surface area (Å²) >= 11 is 0. The molecule has 1 heterocycles. The van der Waals surface area contributed by atoms with Gasteiger partial charge in [-0.3, -0.25) is 4.79 Å². The van der Waals surface area contributed by atoms with Gasteiger partial charge in [0.05, 0.1) is 11.3 Å². The number of halogens is 4. The highest BCUT2D eigenvalue weighted by atomic mass is 19.4. The molecule has 1 N–H and O–H groups in total. The lowest BCUT2D eigenvalue weighted by Gasteiger charge is -2.29. The summed E-state index contributed by atoms with van der Waals surface area (Å²) < 4.78 is 60.1. The first kappa shape index (κ1) is 18.0. The highest BCUT2D eigenvalue weighted by Crippen LogP contribution is 2.51. The minimum absolute atomic E-state index is 0.0627. The van der Waals surface area contributed by atoms with E-state index in [4.69, 9.17) is 4.74 Å². The molecule has 3 aromatic rings. The molecule has 0 saturated heterocycles. The first-order valence-electron chi connectivity index (χ1n) is 8.13. The fraction of sp³-hybridized carbons (Fsp3) is 0.100. The Kier molecular flexibility index (Phi) is 3.88. The number of hydrogen-bond acceptors (Lipinski definition) is 3. The van der Waals surface area contributed by atoms with E-state index in [-0.39, 0.29) is 11.3 Å². The molecule has 142 valence electrons. The summed E-state index contributed by atoms with van der Waals surface area (Å²) in [5.41, 5.74) is -4.38. The maximum Gasteiger partial charge on any atom is 0.442 e. The fourth-order valence-electron chi connectivity index (χ4n) is 3.25. The van der Waals surface area contributed by atoms with Crippen molar-refractivity contribution >= 4 is 28.3 Å². The minimum Gasteiger partial charge on any atom is -0.430 e. The molecule has 0 spiro atoms. The van der Waals surface area contributed by atoms with Crippen LogP contribution in [-0.4, -0.2) is 18.1 Å². The van der Waals surface area contributed by atoms with Crippen LogP contribution in [0.4, 0.5) is 23.2 Å². The quantitative estimate of drug-likeness (QED) is 0.517. The number of benzene rings is 3. The minimum atomic E-state index is -5.22. The van der Waals surface area contributed by atoms with Crippen molar-refractivity contribution < 1.29 is 31.9 Å². The van der Waals surface area contributed by atoms with Crippen molar-refractivity contribution in [1.29, 1.82) is 0 Å². The number of hydrogen-bond donors (Lipinski definition) is 1. The first-order valence-corrected chi connectivity index (χ1v) is 8.13. The summed E-state index contributed by atoms with van der Waals surface area (Å²) in [6.45, 7) is 0.